The maximum absolute atomic E-state index is 13.4. The van der Waals surface area contributed by atoms with Crippen LogP contribution in [0.3, 0.4) is 0 Å². The lowest BCUT2D eigenvalue weighted by atomic mass is 9.45. The normalized spacial score (nSPS) is 35.4. The molecule has 232 valence electrons. The molecular weight excluding hydrogens is 554 g/mol. The third kappa shape index (κ3) is 5.44. The summed E-state index contributed by atoms with van der Waals surface area (Å²) >= 11 is 0. The average Bonchev–Trinajstić information content (AvgIpc) is 3.24. The Morgan fingerprint density at radius 3 is 2.47 bits per heavy atom. The summed E-state index contributed by atoms with van der Waals surface area (Å²) in [6, 6.07) is 6.91. The fourth-order valence-electron chi connectivity index (χ4n) is 8.87. The molecule has 43 heavy (non-hydrogen) atoms. The molecule has 8 atom stereocenters. The highest BCUT2D eigenvalue weighted by Crippen LogP contribution is 2.67. The van der Waals surface area contributed by atoms with Gasteiger partial charge < -0.3 is 25.4 Å². The Morgan fingerprint density at radius 2 is 1.77 bits per heavy atom. The van der Waals surface area contributed by atoms with Gasteiger partial charge in [0.25, 0.3) is 0 Å². The van der Waals surface area contributed by atoms with Gasteiger partial charge in [-0.25, -0.2) is 4.79 Å². The second kappa shape index (κ2) is 11.6. The van der Waals surface area contributed by atoms with E-state index in [0.29, 0.717) is 24.8 Å². The molecule has 0 aliphatic heterocycles. The van der Waals surface area contributed by atoms with Crippen molar-refractivity contribution in [1.29, 1.82) is 0 Å². The molecule has 0 unspecified atom stereocenters. The highest BCUT2D eigenvalue weighted by molar-refractivity contribution is 5.92. The first-order valence-electron chi connectivity index (χ1n) is 15.2. The Hall–Kier alpha value is -3.37. The lowest BCUT2D eigenvalue weighted by Crippen LogP contribution is -2.62. The lowest BCUT2D eigenvalue weighted by molar-refractivity contribution is -0.184. The number of Topliss-reactive ketones (excluding diaryl/α,β-unsaturated/α-hetero) is 1. The van der Waals surface area contributed by atoms with Crippen LogP contribution in [0.15, 0.2) is 42.0 Å². The zero-order valence-electron chi connectivity index (χ0n) is 24.7. The largest absolute Gasteiger partial charge is 0.479 e. The number of ether oxygens (including phenoxy) is 1. The molecule has 1 aromatic rings. The van der Waals surface area contributed by atoms with Crippen LogP contribution in [0.5, 0.6) is 0 Å². The number of rotatable bonds is 9. The van der Waals surface area contributed by atoms with Crippen molar-refractivity contribution >= 4 is 29.4 Å². The van der Waals surface area contributed by atoms with Gasteiger partial charge >= 0.3 is 11.9 Å². The number of carbonyl (C=O) groups excluding carboxylic acids is 4. The molecule has 3 saturated carbocycles. The topological polar surface area (TPSA) is 167 Å². The fourth-order valence-corrected chi connectivity index (χ4v) is 8.87. The van der Waals surface area contributed by atoms with Gasteiger partial charge in [-0.1, -0.05) is 49.8 Å². The van der Waals surface area contributed by atoms with Crippen LogP contribution >= 0.6 is 0 Å². The van der Waals surface area contributed by atoms with E-state index >= 15 is 0 Å². The van der Waals surface area contributed by atoms with Gasteiger partial charge in [-0.05, 0) is 73.3 Å². The predicted octanol–water partition coefficient (Wildman–Crippen LogP) is 3.05. The number of benzene rings is 1. The number of hydrogen-bond acceptors (Lipinski definition) is 8. The van der Waals surface area contributed by atoms with Crippen LogP contribution in [0.2, 0.25) is 0 Å². The number of allylic oxidation sites excluding steroid dienone is 1. The van der Waals surface area contributed by atoms with Crippen molar-refractivity contribution < 1.29 is 44.0 Å². The van der Waals surface area contributed by atoms with E-state index in [0.717, 1.165) is 18.4 Å². The number of aliphatic hydroxyl groups is 2. The summed E-state index contributed by atoms with van der Waals surface area (Å²) in [6.45, 7) is 3.35. The van der Waals surface area contributed by atoms with E-state index < -0.39 is 53.4 Å². The number of esters is 1. The number of hydrogen-bond donors (Lipinski definition) is 4. The number of ketones is 2. The third-order valence-corrected chi connectivity index (χ3v) is 11.1. The van der Waals surface area contributed by atoms with Crippen LogP contribution in [0, 0.1) is 28.6 Å². The molecule has 0 radical (unpaired) electrons. The first-order valence-corrected chi connectivity index (χ1v) is 15.2. The third-order valence-electron chi connectivity index (χ3n) is 11.1. The van der Waals surface area contributed by atoms with Crippen molar-refractivity contribution in [3.8, 4) is 0 Å². The Morgan fingerprint density at radius 1 is 1.05 bits per heavy atom. The summed E-state index contributed by atoms with van der Waals surface area (Å²) < 4.78 is 5.18. The average molecular weight is 596 g/mol. The van der Waals surface area contributed by atoms with E-state index in [9.17, 15) is 39.3 Å². The van der Waals surface area contributed by atoms with Crippen LogP contribution in [0.1, 0.15) is 83.2 Å². The summed E-state index contributed by atoms with van der Waals surface area (Å²) in [7, 11) is 0. The Labute approximate surface area is 250 Å². The van der Waals surface area contributed by atoms with Gasteiger partial charge in [-0.3, -0.25) is 19.2 Å². The summed E-state index contributed by atoms with van der Waals surface area (Å²) in [5, 5.41) is 35.2. The fraction of sp³-hybridized carbons (Fsp3) is 0.606. The van der Waals surface area contributed by atoms with Gasteiger partial charge in [0.15, 0.2) is 18.4 Å². The van der Waals surface area contributed by atoms with E-state index in [1.165, 1.54) is 0 Å². The van der Waals surface area contributed by atoms with Crippen LogP contribution in [-0.2, 0) is 28.7 Å². The summed E-state index contributed by atoms with van der Waals surface area (Å²) in [5.74, 6) is -3.16. The molecule has 5 rings (SSSR count). The van der Waals surface area contributed by atoms with Gasteiger partial charge in [0, 0.05) is 18.3 Å². The number of carboxylic acids is 1. The van der Waals surface area contributed by atoms with E-state index in [2.05, 4.69) is 12.2 Å². The molecule has 1 aromatic carbocycles. The highest BCUT2D eigenvalue weighted by Gasteiger charge is 2.68. The molecule has 0 saturated heterocycles. The summed E-state index contributed by atoms with van der Waals surface area (Å²) in [6.07, 6.45) is 4.07. The number of carboxylic acid groups (broad SMARTS) is 1. The number of aliphatic hydroxyl groups excluding tert-OH is 1. The van der Waals surface area contributed by atoms with E-state index in [-0.39, 0.29) is 54.6 Å². The van der Waals surface area contributed by atoms with E-state index in [1.807, 2.05) is 6.92 Å². The molecule has 10 nitrogen and oxygen atoms in total. The van der Waals surface area contributed by atoms with Crippen molar-refractivity contribution in [2.45, 2.75) is 89.4 Å². The summed E-state index contributed by atoms with van der Waals surface area (Å²) in [4.78, 5) is 62.0. The minimum atomic E-state index is -1.77. The molecule has 4 aliphatic rings. The smallest absolute Gasteiger partial charge is 0.330 e. The van der Waals surface area contributed by atoms with Gasteiger partial charge in [-0.15, -0.1) is 0 Å². The van der Waals surface area contributed by atoms with Gasteiger partial charge in [0.1, 0.15) is 5.60 Å². The van der Waals surface area contributed by atoms with Crippen LogP contribution in [-0.4, -0.2) is 63.0 Å². The zero-order chi connectivity index (χ0) is 31.2. The quantitative estimate of drug-likeness (QED) is 0.314. The zero-order valence-corrected chi connectivity index (χ0v) is 24.7. The van der Waals surface area contributed by atoms with Crippen molar-refractivity contribution in [3.05, 3.63) is 47.5 Å². The molecule has 0 aromatic heterocycles. The molecule has 10 heteroatoms. The summed E-state index contributed by atoms with van der Waals surface area (Å²) in [5.41, 5.74) is -1.46. The monoisotopic (exact) mass is 595 g/mol. The number of nitrogens with one attached hydrogen (secondary N) is 1. The number of aliphatic carboxylic acids is 1. The number of fused-ring (bicyclic) bond motifs is 5. The van der Waals surface area contributed by atoms with Crippen LogP contribution in [0.4, 0.5) is 0 Å². The van der Waals surface area contributed by atoms with Gasteiger partial charge in [0.2, 0.25) is 11.7 Å². The second-order valence-electron chi connectivity index (χ2n) is 13.3. The van der Waals surface area contributed by atoms with Crippen molar-refractivity contribution in [2.24, 2.45) is 28.6 Å². The Bertz CT molecular complexity index is 1340. The van der Waals surface area contributed by atoms with E-state index in [4.69, 9.17) is 4.74 Å². The minimum Gasteiger partial charge on any atom is -0.479 e. The van der Waals surface area contributed by atoms with Crippen LogP contribution in [0.25, 0.3) is 0 Å². The molecule has 0 spiro atoms. The molecule has 0 heterocycles. The van der Waals surface area contributed by atoms with Crippen molar-refractivity contribution in [2.75, 3.05) is 6.61 Å². The van der Waals surface area contributed by atoms with E-state index in [1.54, 1.807) is 36.4 Å². The molecule has 4 N–H and O–H groups in total. The molecular formula is C33H41NO9. The second-order valence-corrected chi connectivity index (χ2v) is 13.3. The van der Waals surface area contributed by atoms with Crippen LogP contribution < -0.4 is 5.32 Å². The lowest BCUT2D eigenvalue weighted by Gasteiger charge is -2.60. The highest BCUT2D eigenvalue weighted by atomic mass is 16.5. The van der Waals surface area contributed by atoms with Crippen molar-refractivity contribution in [1.82, 2.24) is 5.32 Å². The predicted molar refractivity (Wildman–Crippen MR) is 153 cm³/mol. The molecule has 0 bridgehead atoms. The number of carbonyl (C=O) groups is 5. The first kappa shape index (κ1) is 31.1. The SMILES string of the molecule is C[C@]12CCC(=O)C=C1CC[C@@H]1[C@@H]2[C@H](O)C[C@@]2(C)[C@H]1CC[C@]2(O)C(=O)COC(=O)CCC(=O)N[C@@H](C(=O)O)c1ccccc1. The molecule has 1 amide bonds. The minimum absolute atomic E-state index is 0.00274. The van der Waals surface area contributed by atoms with Gasteiger partial charge in [-0.2, -0.15) is 0 Å². The first-order chi connectivity index (χ1) is 20.3. The molecule has 3 fully saturated rings. The maximum Gasteiger partial charge on any atom is 0.330 e. The van der Waals surface area contributed by atoms with Gasteiger partial charge in [0.05, 0.1) is 12.5 Å². The molecule has 4 aliphatic carbocycles. The Balaban J connectivity index is 1.18. The maximum atomic E-state index is 13.4. The standard InChI is InChI=1S/C33H41NO9/c1-31-14-12-21(35)16-20(31)8-9-22-23-13-15-33(42,32(23,2)17-24(36)28(22)31)25(37)18-43-27(39)11-10-26(38)34-29(30(40)41)19-6-4-3-5-7-19/h3-7,16,22-24,28-29,36,42H,8-15,17-18H2,1-2H3,(H,34,38)(H,40,41)/t22-,23-,24+,28+,29+,31-,32-,33-/m0/s1. The van der Waals surface area contributed by atoms with Crippen molar-refractivity contribution in [3.63, 3.8) is 0 Å². The number of amides is 1. The Kier molecular flexibility index (Phi) is 8.39.